The van der Waals surface area contributed by atoms with Crippen molar-refractivity contribution in [3.05, 3.63) is 60.6 Å². The summed E-state index contributed by atoms with van der Waals surface area (Å²) < 4.78 is 13.0. The Hall–Kier alpha value is -3.13. The molecule has 0 radical (unpaired) electrons. The molecule has 3 aromatic heterocycles. The van der Waals surface area contributed by atoms with E-state index in [4.69, 9.17) is 9.47 Å². The molecule has 134 valence electrons. The Morgan fingerprint density at radius 3 is 2.70 bits per heavy atom. The molecular formula is C19H15N5O2S. The fourth-order valence-electron chi connectivity index (χ4n) is 2.90. The molecule has 0 spiro atoms. The lowest BCUT2D eigenvalue weighted by Crippen LogP contribution is -2.15. The van der Waals surface area contributed by atoms with Gasteiger partial charge in [0.05, 0.1) is 5.69 Å². The Bertz CT molecular complexity index is 1100. The Morgan fingerprint density at radius 1 is 0.963 bits per heavy atom. The average molecular weight is 377 g/mol. The number of fused-ring (bicyclic) bond motifs is 2. The highest BCUT2D eigenvalue weighted by molar-refractivity contribution is 7.98. The van der Waals surface area contributed by atoms with E-state index in [1.54, 1.807) is 34.9 Å². The van der Waals surface area contributed by atoms with Crippen LogP contribution in [0.25, 0.3) is 17.0 Å². The molecule has 4 aromatic rings. The molecule has 0 N–H and O–H groups in total. The predicted molar refractivity (Wildman–Crippen MR) is 101 cm³/mol. The summed E-state index contributed by atoms with van der Waals surface area (Å²) in [6.07, 6.45) is 5.27. The molecule has 8 heteroatoms. The number of ether oxygens (including phenoxy) is 2. The van der Waals surface area contributed by atoms with E-state index >= 15 is 0 Å². The van der Waals surface area contributed by atoms with Gasteiger partial charge >= 0.3 is 0 Å². The van der Waals surface area contributed by atoms with Crippen molar-refractivity contribution >= 4 is 17.5 Å². The van der Waals surface area contributed by atoms with Gasteiger partial charge in [-0.05, 0) is 35.9 Å². The minimum Gasteiger partial charge on any atom is -0.486 e. The predicted octanol–water partition coefficient (Wildman–Crippen LogP) is 3.25. The van der Waals surface area contributed by atoms with Gasteiger partial charge in [0.15, 0.2) is 11.5 Å². The summed E-state index contributed by atoms with van der Waals surface area (Å²) >= 11 is 1.56. The van der Waals surface area contributed by atoms with Crippen LogP contribution in [-0.4, -0.2) is 37.8 Å². The van der Waals surface area contributed by atoms with Gasteiger partial charge < -0.3 is 9.47 Å². The second kappa shape index (κ2) is 6.88. The van der Waals surface area contributed by atoms with Gasteiger partial charge in [0.1, 0.15) is 13.2 Å². The minimum atomic E-state index is 0.578. The van der Waals surface area contributed by atoms with E-state index in [0.717, 1.165) is 34.1 Å². The number of thioether (sulfide) groups is 1. The molecule has 0 fully saturated rings. The van der Waals surface area contributed by atoms with E-state index in [1.807, 2.05) is 36.4 Å². The van der Waals surface area contributed by atoms with Crippen LogP contribution >= 0.6 is 11.8 Å². The molecule has 0 atom stereocenters. The zero-order valence-corrected chi connectivity index (χ0v) is 15.1. The van der Waals surface area contributed by atoms with Crippen molar-refractivity contribution in [1.29, 1.82) is 0 Å². The summed E-state index contributed by atoms with van der Waals surface area (Å²) in [7, 11) is 0. The van der Waals surface area contributed by atoms with Crippen molar-refractivity contribution in [3.63, 3.8) is 0 Å². The monoisotopic (exact) mass is 377 g/mol. The Morgan fingerprint density at radius 2 is 1.81 bits per heavy atom. The number of rotatable bonds is 4. The van der Waals surface area contributed by atoms with Crippen LogP contribution in [-0.2, 0) is 5.75 Å². The summed E-state index contributed by atoms with van der Waals surface area (Å²) in [5, 5.41) is 5.30. The first-order valence-corrected chi connectivity index (χ1v) is 9.49. The molecule has 0 bridgehead atoms. The lowest BCUT2D eigenvalue weighted by atomic mass is 10.2. The molecule has 7 nitrogen and oxygen atoms in total. The van der Waals surface area contributed by atoms with E-state index in [9.17, 15) is 0 Å². The maximum absolute atomic E-state index is 5.64. The van der Waals surface area contributed by atoms with Crippen molar-refractivity contribution in [1.82, 2.24) is 24.6 Å². The van der Waals surface area contributed by atoms with Crippen molar-refractivity contribution < 1.29 is 9.47 Å². The van der Waals surface area contributed by atoms with Crippen molar-refractivity contribution in [2.75, 3.05) is 13.2 Å². The highest BCUT2D eigenvalue weighted by atomic mass is 32.2. The number of pyridine rings is 1. The van der Waals surface area contributed by atoms with Crippen molar-refractivity contribution in [2.24, 2.45) is 0 Å². The number of aromatic nitrogens is 5. The zero-order chi connectivity index (χ0) is 18.1. The van der Waals surface area contributed by atoms with Crippen molar-refractivity contribution in [3.8, 4) is 22.8 Å². The summed E-state index contributed by atoms with van der Waals surface area (Å²) in [6.45, 7) is 1.18. The number of hydrogen-bond donors (Lipinski definition) is 0. The second-order valence-corrected chi connectivity index (χ2v) is 6.88. The fraction of sp³-hybridized carbons (Fsp3) is 0.158. The maximum atomic E-state index is 5.64. The zero-order valence-electron chi connectivity index (χ0n) is 14.3. The van der Waals surface area contributed by atoms with Gasteiger partial charge in [-0.2, -0.15) is 9.50 Å². The maximum Gasteiger partial charge on any atom is 0.253 e. The molecule has 0 unspecified atom stereocenters. The standard InChI is InChI=1S/C19H15N5O2S/c1-2-16-17(26-10-9-25-16)11-13(1)12-27-19-22-18-21-8-5-15(24(18)23-19)14-3-6-20-7-4-14/h1-8,11H,9-10,12H2. The Kier molecular flexibility index (Phi) is 4.10. The molecule has 1 aromatic carbocycles. The molecule has 1 aliphatic heterocycles. The first kappa shape index (κ1) is 16.1. The molecule has 0 saturated carbocycles. The summed E-state index contributed by atoms with van der Waals surface area (Å²) in [6, 6.07) is 11.8. The van der Waals surface area contributed by atoms with Crippen LogP contribution in [0.4, 0.5) is 0 Å². The van der Waals surface area contributed by atoms with E-state index in [0.29, 0.717) is 24.1 Å². The molecule has 0 saturated heterocycles. The smallest absolute Gasteiger partial charge is 0.253 e. The Labute approximate surface area is 159 Å². The molecule has 0 aliphatic carbocycles. The lowest BCUT2D eigenvalue weighted by Gasteiger charge is -2.18. The third-order valence-corrected chi connectivity index (χ3v) is 5.08. The van der Waals surface area contributed by atoms with Crippen LogP contribution in [0.15, 0.2) is 60.1 Å². The number of benzene rings is 1. The van der Waals surface area contributed by atoms with Crippen LogP contribution in [0, 0.1) is 0 Å². The largest absolute Gasteiger partial charge is 0.486 e. The second-order valence-electron chi connectivity index (χ2n) is 5.94. The number of nitrogens with zero attached hydrogens (tertiary/aromatic N) is 5. The van der Waals surface area contributed by atoms with Gasteiger partial charge in [-0.1, -0.05) is 17.8 Å². The minimum absolute atomic E-state index is 0.578. The lowest BCUT2D eigenvalue weighted by molar-refractivity contribution is 0.171. The van der Waals surface area contributed by atoms with E-state index in [2.05, 4.69) is 20.1 Å². The van der Waals surface area contributed by atoms with Gasteiger partial charge in [-0.25, -0.2) is 4.98 Å². The van der Waals surface area contributed by atoms with Gasteiger partial charge in [-0.15, -0.1) is 5.10 Å². The molecular weight excluding hydrogens is 362 g/mol. The van der Waals surface area contributed by atoms with Crippen LogP contribution in [0.1, 0.15) is 5.56 Å². The van der Waals surface area contributed by atoms with Crippen LogP contribution in [0.2, 0.25) is 0 Å². The molecule has 5 rings (SSSR count). The molecule has 27 heavy (non-hydrogen) atoms. The topological polar surface area (TPSA) is 74.4 Å². The number of hydrogen-bond acceptors (Lipinski definition) is 7. The average Bonchev–Trinajstić information content (AvgIpc) is 3.16. The quantitative estimate of drug-likeness (QED) is 0.505. The van der Waals surface area contributed by atoms with E-state index in [-0.39, 0.29) is 0 Å². The van der Waals surface area contributed by atoms with Crippen LogP contribution in [0.5, 0.6) is 11.5 Å². The molecule has 1 aliphatic rings. The van der Waals surface area contributed by atoms with Gasteiger partial charge in [0.2, 0.25) is 5.16 Å². The normalized spacial score (nSPS) is 13.0. The van der Waals surface area contributed by atoms with Gasteiger partial charge in [0.25, 0.3) is 5.78 Å². The highest BCUT2D eigenvalue weighted by Crippen LogP contribution is 2.32. The van der Waals surface area contributed by atoms with Gasteiger partial charge in [-0.3, -0.25) is 4.98 Å². The summed E-state index contributed by atoms with van der Waals surface area (Å²) in [5.41, 5.74) is 3.08. The van der Waals surface area contributed by atoms with Crippen LogP contribution in [0.3, 0.4) is 0 Å². The SMILES string of the molecule is c1cc(-c2ccnc3nc(SCc4ccc5c(c4)OCCO5)nn23)ccn1. The third kappa shape index (κ3) is 3.19. The highest BCUT2D eigenvalue weighted by Gasteiger charge is 2.13. The summed E-state index contributed by atoms with van der Waals surface area (Å²) in [5.74, 6) is 2.91. The van der Waals surface area contributed by atoms with Crippen molar-refractivity contribution in [2.45, 2.75) is 10.9 Å². The Balaban J connectivity index is 1.40. The van der Waals surface area contributed by atoms with E-state index in [1.165, 1.54) is 0 Å². The first-order chi connectivity index (χ1) is 13.4. The van der Waals surface area contributed by atoms with Gasteiger partial charge in [0, 0.05) is 29.9 Å². The summed E-state index contributed by atoms with van der Waals surface area (Å²) in [4.78, 5) is 12.9. The van der Waals surface area contributed by atoms with E-state index < -0.39 is 0 Å². The third-order valence-electron chi connectivity index (χ3n) is 4.17. The molecule has 0 amide bonds. The van der Waals surface area contributed by atoms with Crippen LogP contribution < -0.4 is 9.47 Å². The first-order valence-electron chi connectivity index (χ1n) is 8.50. The fourth-order valence-corrected chi connectivity index (χ4v) is 3.66. The molecule has 4 heterocycles.